The highest BCUT2D eigenvalue weighted by molar-refractivity contribution is 5.60. The van der Waals surface area contributed by atoms with Crippen LogP contribution in [0.2, 0.25) is 0 Å². The topological polar surface area (TPSA) is 93.1 Å². The molecular formula is C44H54O6. The second-order valence-corrected chi connectivity index (χ2v) is 12.7. The summed E-state index contributed by atoms with van der Waals surface area (Å²) in [4.78, 5) is 23.8. The molecule has 0 saturated heterocycles. The third kappa shape index (κ3) is 15.3. The van der Waals surface area contributed by atoms with Gasteiger partial charge in [0.05, 0.1) is 24.3 Å². The van der Waals surface area contributed by atoms with Gasteiger partial charge in [-0.3, -0.25) is 9.59 Å². The lowest BCUT2D eigenvalue weighted by Crippen LogP contribution is -2.03. The molecule has 0 fully saturated rings. The van der Waals surface area contributed by atoms with Gasteiger partial charge in [-0.25, -0.2) is 0 Å². The third-order valence-electron chi connectivity index (χ3n) is 8.45. The maximum atomic E-state index is 11.9. The maximum absolute atomic E-state index is 11.9. The summed E-state index contributed by atoms with van der Waals surface area (Å²) in [7, 11) is 0. The van der Waals surface area contributed by atoms with Crippen molar-refractivity contribution < 1.29 is 19.7 Å². The van der Waals surface area contributed by atoms with E-state index in [1.807, 2.05) is 12.1 Å². The van der Waals surface area contributed by atoms with Crippen molar-refractivity contribution >= 4 is 0 Å². The fraction of sp³-hybridized carbons (Fsp3) is 0.455. The molecule has 0 bridgehead atoms. The first-order chi connectivity index (χ1) is 24.4. The van der Waals surface area contributed by atoms with Crippen LogP contribution in [-0.4, -0.2) is 23.4 Å². The van der Waals surface area contributed by atoms with E-state index in [1.54, 1.807) is 24.3 Å². The zero-order valence-corrected chi connectivity index (χ0v) is 30.0. The van der Waals surface area contributed by atoms with Crippen LogP contribution in [0.5, 0.6) is 23.0 Å². The van der Waals surface area contributed by atoms with Gasteiger partial charge >= 0.3 is 0 Å². The minimum Gasteiger partial charge on any atom is -0.504 e. The molecule has 0 saturated carbocycles. The van der Waals surface area contributed by atoms with E-state index in [1.165, 1.54) is 101 Å². The van der Waals surface area contributed by atoms with Crippen LogP contribution < -0.4 is 20.3 Å². The van der Waals surface area contributed by atoms with E-state index in [0.29, 0.717) is 47.0 Å². The minimum atomic E-state index is -0.472. The van der Waals surface area contributed by atoms with Crippen molar-refractivity contribution in [1.82, 2.24) is 0 Å². The molecule has 6 nitrogen and oxygen atoms in total. The molecule has 0 aliphatic heterocycles. The highest BCUT2D eigenvalue weighted by Gasteiger charge is 2.11. The van der Waals surface area contributed by atoms with E-state index >= 15 is 0 Å². The molecule has 266 valence electrons. The van der Waals surface area contributed by atoms with E-state index in [9.17, 15) is 19.8 Å². The number of hydrogen-bond acceptors (Lipinski definition) is 6. The molecule has 6 heteroatoms. The lowest BCUT2D eigenvalue weighted by molar-refractivity contribution is 0.295. The van der Waals surface area contributed by atoms with Gasteiger partial charge in [0.2, 0.25) is 10.9 Å². The molecule has 2 N–H and O–H groups in total. The molecule has 0 amide bonds. The summed E-state index contributed by atoms with van der Waals surface area (Å²) in [6.45, 7) is 5.52. The summed E-state index contributed by atoms with van der Waals surface area (Å²) in [5, 5.41) is 19.7. The second-order valence-electron chi connectivity index (χ2n) is 12.7. The van der Waals surface area contributed by atoms with Crippen LogP contribution in [0.15, 0.2) is 70.3 Å². The number of hydrogen-bond donors (Lipinski definition) is 2. The molecular weight excluding hydrogens is 624 g/mol. The fourth-order valence-electron chi connectivity index (χ4n) is 5.39. The van der Waals surface area contributed by atoms with Crippen LogP contribution >= 0.6 is 0 Å². The predicted octanol–water partition coefficient (Wildman–Crippen LogP) is 9.66. The fourth-order valence-corrected chi connectivity index (χ4v) is 5.39. The lowest BCUT2D eigenvalue weighted by Gasteiger charge is -2.14. The van der Waals surface area contributed by atoms with E-state index in [-0.39, 0.29) is 11.5 Å². The van der Waals surface area contributed by atoms with Crippen molar-refractivity contribution in [3.63, 3.8) is 0 Å². The van der Waals surface area contributed by atoms with Crippen molar-refractivity contribution in [1.29, 1.82) is 0 Å². The van der Waals surface area contributed by atoms with Gasteiger partial charge in [-0.05, 0) is 61.4 Å². The molecule has 3 rings (SSSR count). The summed E-state index contributed by atoms with van der Waals surface area (Å²) in [6.07, 6.45) is 19.0. The number of ether oxygens (including phenoxy) is 2. The molecule has 0 radical (unpaired) electrons. The van der Waals surface area contributed by atoms with E-state index in [0.717, 1.165) is 25.7 Å². The third-order valence-corrected chi connectivity index (χ3v) is 8.45. The molecule has 0 unspecified atom stereocenters. The Morgan fingerprint density at radius 3 is 1.18 bits per heavy atom. The summed E-state index contributed by atoms with van der Waals surface area (Å²) in [5.74, 6) is 13.1. The molecule has 50 heavy (non-hydrogen) atoms. The molecule has 0 aromatic heterocycles. The number of unbranched alkanes of at least 4 members (excludes halogenated alkanes) is 14. The Hall–Kier alpha value is -4.68. The number of aromatic hydroxyl groups is 2. The number of benzene rings is 1. The van der Waals surface area contributed by atoms with E-state index < -0.39 is 10.9 Å². The van der Waals surface area contributed by atoms with Crippen molar-refractivity contribution in [2.75, 3.05) is 13.2 Å². The van der Waals surface area contributed by atoms with E-state index in [4.69, 9.17) is 9.47 Å². The summed E-state index contributed by atoms with van der Waals surface area (Å²) < 4.78 is 12.7. The Kier molecular flexibility index (Phi) is 18.8. The van der Waals surface area contributed by atoms with Crippen LogP contribution in [0.4, 0.5) is 0 Å². The summed E-state index contributed by atoms with van der Waals surface area (Å²) in [5.41, 5.74) is 1.46. The highest BCUT2D eigenvalue weighted by Crippen LogP contribution is 2.29. The smallest absolute Gasteiger partial charge is 0.220 e. The van der Waals surface area contributed by atoms with Gasteiger partial charge in [-0.1, -0.05) is 127 Å². The van der Waals surface area contributed by atoms with Gasteiger partial charge in [0.25, 0.3) is 0 Å². The Bertz CT molecular complexity index is 1590. The minimum absolute atomic E-state index is 0.333. The van der Waals surface area contributed by atoms with Crippen LogP contribution in [0.25, 0.3) is 0 Å². The van der Waals surface area contributed by atoms with Crippen LogP contribution in [0.1, 0.15) is 139 Å². The SMILES string of the molecule is CCCCCCCCCCOc1cc(C#Cc2ccc(O)c(=O)cc2)c(OCCCCCCCCCC)cc1C#Cc1ccc(O)c(=O)cc1. The number of rotatable bonds is 20. The Morgan fingerprint density at radius 2 is 0.800 bits per heavy atom. The molecule has 3 aromatic carbocycles. The average Bonchev–Trinajstić information content (AvgIpc) is 3.39. The van der Waals surface area contributed by atoms with Crippen molar-refractivity contribution in [2.45, 2.75) is 117 Å². The average molecular weight is 679 g/mol. The van der Waals surface area contributed by atoms with Gasteiger partial charge in [0, 0.05) is 23.3 Å². The van der Waals surface area contributed by atoms with Crippen LogP contribution in [0.3, 0.4) is 0 Å². The van der Waals surface area contributed by atoms with Crippen molar-refractivity contribution in [3.8, 4) is 46.7 Å². The van der Waals surface area contributed by atoms with Crippen molar-refractivity contribution in [2.24, 2.45) is 0 Å². The summed E-state index contributed by atoms with van der Waals surface area (Å²) >= 11 is 0. The Morgan fingerprint density at radius 1 is 0.460 bits per heavy atom. The zero-order valence-electron chi connectivity index (χ0n) is 30.0. The van der Waals surface area contributed by atoms with Crippen LogP contribution in [0, 0.1) is 23.7 Å². The predicted molar refractivity (Wildman–Crippen MR) is 203 cm³/mol. The van der Waals surface area contributed by atoms with Gasteiger partial charge in [-0.2, -0.15) is 0 Å². The Balaban J connectivity index is 1.89. The normalized spacial score (nSPS) is 10.4. The molecule has 0 aliphatic rings. The van der Waals surface area contributed by atoms with Crippen LogP contribution in [-0.2, 0) is 0 Å². The standard InChI is InChI=1S/C44H54O6/c1-3-5-7-9-11-13-15-17-31-49-43-33-38(26-20-36-23-29-41(47)42(48)30-24-36)44(50-32-18-16-14-12-10-8-6-4-2)34-37(43)25-19-35-21-27-39(45)40(46)28-22-35/h21-24,27-30,33-34H,3-18,31-32H2,1-2H3,(H,45,46)(H,47,48). The molecule has 0 heterocycles. The van der Waals surface area contributed by atoms with Gasteiger partial charge < -0.3 is 19.7 Å². The molecule has 0 aliphatic carbocycles. The zero-order chi connectivity index (χ0) is 35.8. The van der Waals surface area contributed by atoms with Gasteiger partial charge in [0.1, 0.15) is 11.5 Å². The molecule has 0 spiro atoms. The largest absolute Gasteiger partial charge is 0.504 e. The monoisotopic (exact) mass is 678 g/mol. The second kappa shape index (κ2) is 23.6. The van der Waals surface area contributed by atoms with E-state index in [2.05, 4.69) is 37.5 Å². The van der Waals surface area contributed by atoms with Gasteiger partial charge in [0.15, 0.2) is 11.5 Å². The first-order valence-corrected chi connectivity index (χ1v) is 18.6. The summed E-state index contributed by atoms with van der Waals surface area (Å²) in [6, 6.07) is 15.4. The van der Waals surface area contributed by atoms with Crippen molar-refractivity contribution in [3.05, 3.63) is 103 Å². The molecule has 0 atom stereocenters. The highest BCUT2D eigenvalue weighted by atomic mass is 16.5. The maximum Gasteiger partial charge on any atom is 0.220 e. The Labute approximate surface area is 298 Å². The van der Waals surface area contributed by atoms with Gasteiger partial charge in [-0.15, -0.1) is 0 Å². The lowest BCUT2D eigenvalue weighted by atomic mass is 10.1. The quantitative estimate of drug-likeness (QED) is 0.0913. The first-order valence-electron chi connectivity index (χ1n) is 18.6. The first kappa shape index (κ1) is 39.8. The molecule has 3 aromatic rings.